The van der Waals surface area contributed by atoms with Crippen LogP contribution in [0.1, 0.15) is 69.4 Å². The molecule has 0 spiro atoms. The number of rotatable bonds is 0. The Hall–Kier alpha value is -1.02. The average molecular weight is 312 g/mol. The molecule has 2 nitrogen and oxygen atoms in total. The van der Waals surface area contributed by atoms with Crippen molar-refractivity contribution < 1.29 is 10.2 Å². The lowest BCUT2D eigenvalue weighted by atomic mass is 9.48. The van der Waals surface area contributed by atoms with E-state index in [1.165, 1.54) is 36.8 Å². The lowest BCUT2D eigenvalue weighted by molar-refractivity contribution is -0.110. The normalized spacial score (nSPS) is 50.3. The second-order valence-electron chi connectivity index (χ2n) is 9.19. The molecular formula is C21H28O2. The summed E-state index contributed by atoms with van der Waals surface area (Å²) in [6, 6.07) is 6.04. The molecule has 1 aromatic rings. The standard InChI is InChI=1S/C21H28O2/c1-13-12-20-9-10-21(13,23)19(20,2)8-7-17-16-5-4-15(22)11-14(16)3-6-18(17)20/h4-5,11,13,17-18,22-23H,3,6-10,12H2,1-2H3/t13-,17-,18-,19+,20+,21+/m1/s1. The molecular weight excluding hydrogens is 284 g/mol. The second kappa shape index (κ2) is 4.14. The quantitative estimate of drug-likeness (QED) is 0.746. The minimum absolute atomic E-state index is 0.120. The highest BCUT2D eigenvalue weighted by Gasteiger charge is 2.75. The molecule has 4 aliphatic carbocycles. The third-order valence-electron chi connectivity index (χ3n) is 8.89. The maximum absolute atomic E-state index is 11.4. The van der Waals surface area contributed by atoms with Crippen LogP contribution in [0.3, 0.4) is 0 Å². The van der Waals surface area contributed by atoms with Crippen molar-refractivity contribution in [1.29, 1.82) is 0 Å². The van der Waals surface area contributed by atoms with E-state index in [0.717, 1.165) is 25.2 Å². The molecule has 3 fully saturated rings. The zero-order valence-electron chi connectivity index (χ0n) is 14.3. The summed E-state index contributed by atoms with van der Waals surface area (Å²) in [5, 5.41) is 21.3. The van der Waals surface area contributed by atoms with E-state index in [1.807, 2.05) is 12.1 Å². The largest absolute Gasteiger partial charge is 0.508 e. The number of benzene rings is 1. The Labute approximate surface area is 138 Å². The fourth-order valence-corrected chi connectivity index (χ4v) is 7.80. The Bertz CT molecular complexity index is 682. The van der Waals surface area contributed by atoms with Gasteiger partial charge in [0.2, 0.25) is 0 Å². The van der Waals surface area contributed by atoms with E-state index in [0.29, 0.717) is 23.0 Å². The van der Waals surface area contributed by atoms with Gasteiger partial charge < -0.3 is 10.2 Å². The molecule has 6 atom stereocenters. The van der Waals surface area contributed by atoms with Crippen molar-refractivity contribution in [3.05, 3.63) is 29.3 Å². The first kappa shape index (κ1) is 14.3. The van der Waals surface area contributed by atoms with Gasteiger partial charge in [0.05, 0.1) is 5.60 Å². The van der Waals surface area contributed by atoms with Gasteiger partial charge in [0.15, 0.2) is 0 Å². The number of aromatic hydroxyl groups is 1. The lowest BCUT2D eigenvalue weighted by Gasteiger charge is -2.56. The molecule has 5 rings (SSSR count). The molecule has 0 saturated heterocycles. The molecule has 23 heavy (non-hydrogen) atoms. The van der Waals surface area contributed by atoms with Gasteiger partial charge >= 0.3 is 0 Å². The molecule has 0 amide bonds. The number of hydrogen-bond donors (Lipinski definition) is 2. The Balaban J connectivity index is 1.63. The summed E-state index contributed by atoms with van der Waals surface area (Å²) in [5.41, 5.74) is 2.90. The molecule has 0 radical (unpaired) electrons. The first-order valence-corrected chi connectivity index (χ1v) is 9.45. The van der Waals surface area contributed by atoms with E-state index in [1.54, 1.807) is 0 Å². The fraction of sp³-hybridized carbons (Fsp3) is 0.714. The van der Waals surface area contributed by atoms with Gasteiger partial charge in [-0.05, 0) is 91.4 Å². The van der Waals surface area contributed by atoms with Gasteiger partial charge in [-0.15, -0.1) is 0 Å². The predicted molar refractivity (Wildman–Crippen MR) is 90.4 cm³/mol. The van der Waals surface area contributed by atoms with Crippen molar-refractivity contribution >= 4 is 0 Å². The maximum atomic E-state index is 11.4. The molecule has 4 aliphatic rings. The number of phenols is 1. The molecule has 0 aliphatic heterocycles. The van der Waals surface area contributed by atoms with Gasteiger partial charge in [-0.2, -0.15) is 0 Å². The van der Waals surface area contributed by atoms with Crippen LogP contribution >= 0.6 is 0 Å². The van der Waals surface area contributed by atoms with Crippen molar-refractivity contribution in [2.24, 2.45) is 22.7 Å². The zero-order valence-corrected chi connectivity index (χ0v) is 14.3. The van der Waals surface area contributed by atoms with Gasteiger partial charge in [-0.25, -0.2) is 0 Å². The van der Waals surface area contributed by atoms with Crippen LogP contribution < -0.4 is 0 Å². The average Bonchev–Trinajstić information content (AvgIpc) is 2.86. The minimum atomic E-state index is -0.423. The highest BCUT2D eigenvalue weighted by Crippen LogP contribution is 2.78. The van der Waals surface area contributed by atoms with Crippen molar-refractivity contribution in [3.63, 3.8) is 0 Å². The van der Waals surface area contributed by atoms with Crippen LogP contribution in [0.15, 0.2) is 18.2 Å². The van der Waals surface area contributed by atoms with Crippen LogP contribution in [0.4, 0.5) is 0 Å². The highest BCUT2D eigenvalue weighted by molar-refractivity contribution is 5.41. The smallest absolute Gasteiger partial charge is 0.115 e. The van der Waals surface area contributed by atoms with E-state index < -0.39 is 5.60 Å². The molecule has 1 aromatic carbocycles. The lowest BCUT2D eigenvalue weighted by Crippen LogP contribution is -2.52. The molecule has 2 bridgehead atoms. The summed E-state index contributed by atoms with van der Waals surface area (Å²) in [6.07, 6.45) is 8.14. The van der Waals surface area contributed by atoms with Crippen LogP contribution in [-0.4, -0.2) is 15.8 Å². The van der Waals surface area contributed by atoms with E-state index >= 15 is 0 Å². The third-order valence-corrected chi connectivity index (χ3v) is 8.89. The summed E-state index contributed by atoms with van der Waals surface area (Å²) in [6.45, 7) is 4.69. The van der Waals surface area contributed by atoms with Crippen LogP contribution in [0.25, 0.3) is 0 Å². The van der Waals surface area contributed by atoms with Gasteiger partial charge in [0, 0.05) is 5.41 Å². The van der Waals surface area contributed by atoms with Gasteiger partial charge in [0.1, 0.15) is 5.75 Å². The molecule has 2 N–H and O–H groups in total. The molecule has 3 saturated carbocycles. The molecule has 124 valence electrons. The Morgan fingerprint density at radius 1 is 1.13 bits per heavy atom. The van der Waals surface area contributed by atoms with Crippen LogP contribution in [0, 0.1) is 22.7 Å². The monoisotopic (exact) mass is 312 g/mol. The SMILES string of the molecule is C[C@@H]1C[C@]23CC[C@@]1(O)[C@@]2(C)CC[C@@H]1c2ccc(O)cc2CC[C@H]13. The third kappa shape index (κ3) is 1.42. The van der Waals surface area contributed by atoms with Gasteiger partial charge in [-0.1, -0.05) is 19.9 Å². The summed E-state index contributed by atoms with van der Waals surface area (Å²) >= 11 is 0. The van der Waals surface area contributed by atoms with Crippen molar-refractivity contribution in [2.75, 3.05) is 0 Å². The Kier molecular flexibility index (Phi) is 2.58. The van der Waals surface area contributed by atoms with Crippen molar-refractivity contribution in [2.45, 2.75) is 70.3 Å². The summed E-state index contributed by atoms with van der Waals surface area (Å²) in [4.78, 5) is 0. The highest BCUT2D eigenvalue weighted by atomic mass is 16.3. The summed E-state index contributed by atoms with van der Waals surface area (Å²) < 4.78 is 0. The first-order chi connectivity index (χ1) is 10.9. The van der Waals surface area contributed by atoms with Crippen LogP contribution in [0.2, 0.25) is 0 Å². The van der Waals surface area contributed by atoms with Gasteiger partial charge in [0.25, 0.3) is 0 Å². The van der Waals surface area contributed by atoms with E-state index in [9.17, 15) is 10.2 Å². The summed E-state index contributed by atoms with van der Waals surface area (Å²) in [7, 11) is 0. The number of aliphatic hydroxyl groups is 1. The van der Waals surface area contributed by atoms with Gasteiger partial charge in [-0.3, -0.25) is 0 Å². The Morgan fingerprint density at radius 3 is 2.74 bits per heavy atom. The number of fused-ring (bicyclic) bond motifs is 3. The molecule has 0 unspecified atom stereocenters. The molecule has 2 heteroatoms. The van der Waals surface area contributed by atoms with E-state index in [4.69, 9.17) is 0 Å². The number of hydrogen-bond acceptors (Lipinski definition) is 2. The number of aryl methyl sites for hydroxylation is 1. The molecule has 0 heterocycles. The molecule has 0 aromatic heterocycles. The van der Waals surface area contributed by atoms with Crippen LogP contribution in [-0.2, 0) is 6.42 Å². The maximum Gasteiger partial charge on any atom is 0.115 e. The fourth-order valence-electron chi connectivity index (χ4n) is 7.80. The first-order valence-electron chi connectivity index (χ1n) is 9.45. The summed E-state index contributed by atoms with van der Waals surface area (Å²) in [5.74, 6) is 2.21. The van der Waals surface area contributed by atoms with Crippen LogP contribution in [0.5, 0.6) is 5.75 Å². The Morgan fingerprint density at radius 2 is 1.96 bits per heavy atom. The van der Waals surface area contributed by atoms with Crippen molar-refractivity contribution in [1.82, 2.24) is 0 Å². The van der Waals surface area contributed by atoms with E-state index in [-0.39, 0.29) is 5.41 Å². The zero-order chi connectivity index (χ0) is 16.0. The topological polar surface area (TPSA) is 40.5 Å². The second-order valence-corrected chi connectivity index (χ2v) is 9.19. The van der Waals surface area contributed by atoms with Crippen molar-refractivity contribution in [3.8, 4) is 5.75 Å². The van der Waals surface area contributed by atoms with E-state index in [2.05, 4.69) is 19.9 Å². The minimum Gasteiger partial charge on any atom is -0.508 e. The number of phenolic OH excluding ortho intramolecular Hbond substituents is 1. The predicted octanol–water partition coefficient (Wildman–Crippen LogP) is 4.39.